The lowest BCUT2D eigenvalue weighted by atomic mass is 10.0. The molecule has 4 aromatic rings. The maximum Gasteiger partial charge on any atom is 0.418 e. The Bertz CT molecular complexity index is 1520. The van der Waals surface area contributed by atoms with Crippen molar-refractivity contribution in [3.05, 3.63) is 83.2 Å². The average Bonchev–Trinajstić information content (AvgIpc) is 3.48. The molecule has 2 heterocycles. The Morgan fingerprint density at radius 2 is 1.59 bits per heavy atom. The fourth-order valence-corrected chi connectivity index (χ4v) is 5.07. The highest BCUT2D eigenvalue weighted by Crippen LogP contribution is 2.38. The van der Waals surface area contributed by atoms with Gasteiger partial charge in [-0.1, -0.05) is 24.3 Å². The monoisotopic (exact) mass is 586 g/mol. The number of aromatic nitrogens is 2. The van der Waals surface area contributed by atoms with Crippen LogP contribution in [-0.2, 0) is 12.7 Å². The molecule has 1 aromatic heterocycles. The summed E-state index contributed by atoms with van der Waals surface area (Å²) >= 11 is 0. The smallest absolute Gasteiger partial charge is 0.381 e. The Morgan fingerprint density at radius 1 is 0.902 bits per heavy atom. The van der Waals surface area contributed by atoms with Crippen LogP contribution in [0, 0.1) is 17.5 Å². The Balaban J connectivity index is 1.45. The maximum atomic E-state index is 14.5. The molecule has 218 valence electrons. The number of hydrogen-bond donors (Lipinski definition) is 1. The number of fused-ring (bicyclic) bond motifs is 1. The van der Waals surface area contributed by atoms with Gasteiger partial charge in [0.05, 0.1) is 24.2 Å². The van der Waals surface area contributed by atoms with E-state index >= 15 is 0 Å². The normalized spacial score (nSPS) is 16.6. The summed E-state index contributed by atoms with van der Waals surface area (Å²) in [5.74, 6) is -3.54. The fraction of sp³-hybridized carbons (Fsp3) is 0.321. The molecule has 41 heavy (non-hydrogen) atoms. The van der Waals surface area contributed by atoms with Gasteiger partial charge in [-0.3, -0.25) is 4.68 Å². The molecule has 0 radical (unpaired) electrons. The Hall–Kier alpha value is -3.74. The third-order valence-electron chi connectivity index (χ3n) is 7.00. The van der Waals surface area contributed by atoms with Crippen molar-refractivity contribution in [3.63, 3.8) is 0 Å². The number of hydrogen-bond acceptors (Lipinski definition) is 3. The van der Waals surface area contributed by atoms with Crippen LogP contribution in [0.5, 0.6) is 0 Å². The second-order valence-electron chi connectivity index (χ2n) is 9.93. The largest absolute Gasteiger partial charge is 0.418 e. The number of anilines is 1. The van der Waals surface area contributed by atoms with Gasteiger partial charge in [-0.05, 0) is 24.6 Å². The molecule has 3 aromatic carbocycles. The molecule has 1 N–H and O–H groups in total. The zero-order chi connectivity index (χ0) is 29.5. The predicted octanol–water partition coefficient (Wildman–Crippen LogP) is 7.63. The van der Waals surface area contributed by atoms with E-state index in [0.29, 0.717) is 42.9 Å². The maximum absolute atomic E-state index is 14.5. The standard InChI is InChI=1S/C28H23F9N4/c29-17-12-23(30)21(24(31)13-17)15-41-26(20-2-1-3-22(25(20)39-41)28(35,36)37)16-4-6-18(7-5-16)38-19-8-10-40(14-19)11-9-27(32,33)34/h1-7,12-13,19,38H,8-11,14-15H2/t19-/m0/s1. The van der Waals surface area contributed by atoms with Crippen LogP contribution in [0.4, 0.5) is 45.2 Å². The molecule has 13 heteroatoms. The topological polar surface area (TPSA) is 33.1 Å². The van der Waals surface area contributed by atoms with Crippen molar-refractivity contribution in [1.29, 1.82) is 0 Å². The molecule has 0 amide bonds. The minimum absolute atomic E-state index is 0.0904. The summed E-state index contributed by atoms with van der Waals surface area (Å²) in [5, 5.41) is 7.42. The number of nitrogens with zero attached hydrogens (tertiary/aromatic N) is 3. The highest BCUT2D eigenvalue weighted by atomic mass is 19.4. The van der Waals surface area contributed by atoms with E-state index in [4.69, 9.17) is 0 Å². The zero-order valence-corrected chi connectivity index (χ0v) is 21.3. The number of rotatable bonds is 7. The van der Waals surface area contributed by atoms with Gasteiger partial charge in [0.25, 0.3) is 0 Å². The van der Waals surface area contributed by atoms with Gasteiger partial charge < -0.3 is 10.2 Å². The van der Waals surface area contributed by atoms with Crippen molar-refractivity contribution < 1.29 is 39.5 Å². The van der Waals surface area contributed by atoms with Crippen molar-refractivity contribution >= 4 is 16.6 Å². The molecule has 0 spiro atoms. The molecular weight excluding hydrogens is 563 g/mol. The van der Waals surface area contributed by atoms with Crippen LogP contribution in [-0.4, -0.2) is 46.5 Å². The van der Waals surface area contributed by atoms with E-state index in [-0.39, 0.29) is 23.7 Å². The first-order valence-electron chi connectivity index (χ1n) is 12.6. The van der Waals surface area contributed by atoms with Gasteiger partial charge in [0.15, 0.2) is 0 Å². The van der Waals surface area contributed by atoms with E-state index in [1.54, 1.807) is 29.2 Å². The molecule has 1 atom stereocenters. The lowest BCUT2D eigenvalue weighted by Gasteiger charge is -2.18. The Morgan fingerprint density at radius 3 is 2.22 bits per heavy atom. The van der Waals surface area contributed by atoms with Crippen molar-refractivity contribution in [2.45, 2.75) is 37.8 Å². The minimum atomic E-state index is -4.74. The van der Waals surface area contributed by atoms with Crippen LogP contribution in [0.25, 0.3) is 22.2 Å². The van der Waals surface area contributed by atoms with Gasteiger partial charge in [-0.2, -0.15) is 31.4 Å². The van der Waals surface area contributed by atoms with Crippen molar-refractivity contribution in [1.82, 2.24) is 14.7 Å². The summed E-state index contributed by atoms with van der Waals surface area (Å²) in [6, 6.07) is 10.9. The first kappa shape index (κ1) is 28.8. The van der Waals surface area contributed by atoms with E-state index in [1.165, 1.54) is 12.1 Å². The molecule has 0 bridgehead atoms. The van der Waals surface area contributed by atoms with Crippen LogP contribution >= 0.6 is 0 Å². The van der Waals surface area contributed by atoms with Crippen molar-refractivity contribution in [2.75, 3.05) is 25.0 Å². The third-order valence-corrected chi connectivity index (χ3v) is 7.00. The molecule has 1 fully saturated rings. The second kappa shape index (κ2) is 10.9. The lowest BCUT2D eigenvalue weighted by Crippen LogP contribution is -2.29. The average molecular weight is 587 g/mol. The number of nitrogens with one attached hydrogen (secondary N) is 1. The van der Waals surface area contributed by atoms with E-state index < -0.39 is 59.4 Å². The van der Waals surface area contributed by atoms with Crippen LogP contribution in [0.3, 0.4) is 0 Å². The molecular formula is C28H23F9N4. The molecule has 0 aliphatic carbocycles. The highest BCUT2D eigenvalue weighted by Gasteiger charge is 2.35. The first-order chi connectivity index (χ1) is 19.3. The van der Waals surface area contributed by atoms with Gasteiger partial charge >= 0.3 is 12.4 Å². The second-order valence-corrected chi connectivity index (χ2v) is 9.93. The van der Waals surface area contributed by atoms with Gasteiger partial charge in [0.1, 0.15) is 23.0 Å². The summed E-state index contributed by atoms with van der Waals surface area (Å²) in [5.41, 5.74) is -0.796. The van der Waals surface area contributed by atoms with E-state index in [2.05, 4.69) is 10.4 Å². The number of benzene rings is 3. The minimum Gasteiger partial charge on any atom is -0.381 e. The summed E-state index contributed by atoms with van der Waals surface area (Å²) in [6.45, 7) is 0.237. The Kier molecular flexibility index (Phi) is 7.66. The SMILES string of the molecule is Fc1cc(F)c(Cn2nc3c(C(F)(F)F)cccc3c2-c2ccc(N[C@H]3CCN(CCC(F)(F)F)C3)cc2)c(F)c1. The van der Waals surface area contributed by atoms with E-state index in [0.717, 1.165) is 10.7 Å². The summed E-state index contributed by atoms with van der Waals surface area (Å²) in [6.07, 6.45) is -9.23. The fourth-order valence-electron chi connectivity index (χ4n) is 5.07. The third kappa shape index (κ3) is 6.45. The molecule has 0 saturated carbocycles. The van der Waals surface area contributed by atoms with Crippen LogP contribution in [0.15, 0.2) is 54.6 Å². The molecule has 5 rings (SSSR count). The first-order valence-corrected chi connectivity index (χ1v) is 12.6. The van der Waals surface area contributed by atoms with Gasteiger partial charge in [0.2, 0.25) is 0 Å². The van der Waals surface area contributed by atoms with E-state index in [9.17, 15) is 39.5 Å². The molecule has 4 nitrogen and oxygen atoms in total. The summed E-state index contributed by atoms with van der Waals surface area (Å²) in [4.78, 5) is 1.72. The van der Waals surface area contributed by atoms with E-state index in [1.807, 2.05) is 0 Å². The number of alkyl halides is 6. The van der Waals surface area contributed by atoms with Crippen LogP contribution in [0.2, 0.25) is 0 Å². The quantitative estimate of drug-likeness (QED) is 0.226. The van der Waals surface area contributed by atoms with Gasteiger partial charge in [0, 0.05) is 60.0 Å². The molecule has 1 aliphatic heterocycles. The molecule has 0 unspecified atom stereocenters. The lowest BCUT2D eigenvalue weighted by molar-refractivity contribution is -0.137. The number of halogens is 9. The molecule has 1 aliphatic rings. The highest BCUT2D eigenvalue weighted by molar-refractivity contribution is 5.95. The number of likely N-dealkylation sites (tertiary alicyclic amines) is 1. The summed E-state index contributed by atoms with van der Waals surface area (Å²) in [7, 11) is 0. The van der Waals surface area contributed by atoms with Crippen LogP contribution < -0.4 is 5.32 Å². The van der Waals surface area contributed by atoms with Crippen molar-refractivity contribution in [2.24, 2.45) is 0 Å². The molecule has 1 saturated heterocycles. The zero-order valence-electron chi connectivity index (χ0n) is 21.3. The predicted molar refractivity (Wildman–Crippen MR) is 135 cm³/mol. The Labute approximate surface area is 228 Å². The van der Waals surface area contributed by atoms with Gasteiger partial charge in [-0.15, -0.1) is 0 Å². The van der Waals surface area contributed by atoms with Crippen LogP contribution in [0.1, 0.15) is 24.0 Å². The summed E-state index contributed by atoms with van der Waals surface area (Å²) < 4.78 is 122. The van der Waals surface area contributed by atoms with Gasteiger partial charge in [-0.25, -0.2) is 13.2 Å². The van der Waals surface area contributed by atoms with Crippen molar-refractivity contribution in [3.8, 4) is 11.3 Å².